The van der Waals surface area contributed by atoms with E-state index in [2.05, 4.69) is 4.98 Å². The van der Waals surface area contributed by atoms with E-state index in [0.29, 0.717) is 16.9 Å². The summed E-state index contributed by atoms with van der Waals surface area (Å²) in [5.41, 5.74) is 6.16. The molecule has 0 amide bonds. The minimum Gasteiger partial charge on any atom is -0.323 e. The van der Waals surface area contributed by atoms with Gasteiger partial charge in [-0.05, 0) is 18.1 Å². The highest BCUT2D eigenvalue weighted by Gasteiger charge is 2.35. The molecule has 2 nitrogen and oxygen atoms in total. The summed E-state index contributed by atoms with van der Waals surface area (Å²) >= 11 is 0.489. The van der Waals surface area contributed by atoms with Crippen molar-refractivity contribution in [2.24, 2.45) is 5.73 Å². The predicted molar refractivity (Wildman–Crippen MR) is 64.1 cm³/mol. The van der Waals surface area contributed by atoms with Crippen molar-refractivity contribution >= 4 is 11.3 Å². The number of nitrogens with two attached hydrogens (primary N) is 1. The summed E-state index contributed by atoms with van der Waals surface area (Å²) in [6.45, 7) is 0. The molecule has 19 heavy (non-hydrogen) atoms. The van der Waals surface area contributed by atoms with Crippen LogP contribution in [0.25, 0.3) is 0 Å². The van der Waals surface area contributed by atoms with Crippen LogP contribution in [0.1, 0.15) is 21.5 Å². The Bertz CT molecular complexity index is 565. The van der Waals surface area contributed by atoms with Crippen molar-refractivity contribution in [3.63, 3.8) is 0 Å². The van der Waals surface area contributed by atoms with E-state index in [0.717, 1.165) is 6.20 Å². The highest BCUT2D eigenvalue weighted by molar-refractivity contribution is 7.11. The molecular formula is C12H10F4N2S. The molecule has 0 spiro atoms. The summed E-state index contributed by atoms with van der Waals surface area (Å²) in [4.78, 5) is 3.58. The van der Waals surface area contributed by atoms with Crippen LogP contribution in [0.4, 0.5) is 17.6 Å². The third-order valence-electron chi connectivity index (χ3n) is 2.53. The summed E-state index contributed by atoms with van der Waals surface area (Å²) in [7, 11) is 0. The van der Waals surface area contributed by atoms with Crippen LogP contribution in [0.5, 0.6) is 0 Å². The maximum absolute atomic E-state index is 13.4. The van der Waals surface area contributed by atoms with Gasteiger partial charge in [-0.2, -0.15) is 13.2 Å². The first kappa shape index (κ1) is 14.0. The first-order valence-corrected chi connectivity index (χ1v) is 6.21. The first-order valence-electron chi connectivity index (χ1n) is 5.40. The van der Waals surface area contributed by atoms with Crippen LogP contribution in [0.3, 0.4) is 0 Å². The molecule has 0 aliphatic rings. The molecule has 0 aliphatic heterocycles. The number of nitrogens with zero attached hydrogens (tertiary/aromatic N) is 1. The zero-order chi connectivity index (χ0) is 14.0. The van der Waals surface area contributed by atoms with Crippen molar-refractivity contribution in [1.29, 1.82) is 0 Å². The molecule has 102 valence electrons. The first-order chi connectivity index (χ1) is 8.88. The fourth-order valence-electron chi connectivity index (χ4n) is 1.59. The Morgan fingerprint density at radius 1 is 1.26 bits per heavy atom. The highest BCUT2D eigenvalue weighted by atomic mass is 32.1. The van der Waals surface area contributed by atoms with E-state index in [4.69, 9.17) is 5.73 Å². The zero-order valence-electron chi connectivity index (χ0n) is 9.62. The molecule has 1 unspecified atom stereocenters. The van der Waals surface area contributed by atoms with Gasteiger partial charge >= 0.3 is 6.18 Å². The third kappa shape index (κ3) is 3.30. The largest absolute Gasteiger partial charge is 0.443 e. The van der Waals surface area contributed by atoms with Crippen molar-refractivity contribution in [1.82, 2.24) is 4.98 Å². The summed E-state index contributed by atoms with van der Waals surface area (Å²) in [6, 6.07) is 5.33. The Kier molecular flexibility index (Phi) is 3.86. The van der Waals surface area contributed by atoms with Crippen molar-refractivity contribution in [2.75, 3.05) is 0 Å². The van der Waals surface area contributed by atoms with Crippen LogP contribution in [-0.4, -0.2) is 4.98 Å². The van der Waals surface area contributed by atoms with Crippen LogP contribution >= 0.6 is 11.3 Å². The van der Waals surface area contributed by atoms with Gasteiger partial charge in [0.1, 0.15) is 5.82 Å². The lowest BCUT2D eigenvalue weighted by Gasteiger charge is -2.09. The van der Waals surface area contributed by atoms with Gasteiger partial charge in [0.05, 0.1) is 0 Å². The molecule has 2 rings (SSSR count). The van der Waals surface area contributed by atoms with E-state index in [-0.39, 0.29) is 11.3 Å². The Hall–Kier alpha value is -1.47. The van der Waals surface area contributed by atoms with Gasteiger partial charge in [-0.3, -0.25) is 0 Å². The third-order valence-corrected chi connectivity index (χ3v) is 3.70. The number of alkyl halides is 3. The van der Waals surface area contributed by atoms with Gasteiger partial charge in [0.15, 0.2) is 5.01 Å². The number of benzene rings is 1. The minimum atomic E-state index is -4.47. The molecule has 2 N–H and O–H groups in total. The number of thiazole rings is 1. The second kappa shape index (κ2) is 5.26. The standard InChI is InChI=1S/C12H10F4N2S/c13-8-4-2-1-3-7(8)5-9(17)10-6-18-11(19-10)12(14,15)16/h1-4,6,9H,5,17H2. The smallest absolute Gasteiger partial charge is 0.323 e. The lowest BCUT2D eigenvalue weighted by molar-refractivity contribution is -0.137. The molecule has 1 atom stereocenters. The molecule has 1 aromatic carbocycles. The SMILES string of the molecule is NC(Cc1ccccc1F)c1cnc(C(F)(F)F)s1. The molecule has 7 heteroatoms. The highest BCUT2D eigenvalue weighted by Crippen LogP contribution is 2.34. The van der Waals surface area contributed by atoms with Gasteiger partial charge in [0.25, 0.3) is 0 Å². The van der Waals surface area contributed by atoms with Gasteiger partial charge in [0, 0.05) is 17.1 Å². The van der Waals surface area contributed by atoms with Crippen LogP contribution in [0.15, 0.2) is 30.5 Å². The van der Waals surface area contributed by atoms with Crippen LogP contribution < -0.4 is 5.73 Å². The van der Waals surface area contributed by atoms with Crippen molar-refractivity contribution in [3.05, 3.63) is 51.7 Å². The Balaban J connectivity index is 2.15. The normalized spacial score (nSPS) is 13.5. The fourth-order valence-corrected chi connectivity index (χ4v) is 2.38. The molecule has 0 fully saturated rings. The number of halogens is 4. The van der Waals surface area contributed by atoms with E-state index in [9.17, 15) is 17.6 Å². The number of hydrogen-bond acceptors (Lipinski definition) is 3. The number of hydrogen-bond donors (Lipinski definition) is 1. The van der Waals surface area contributed by atoms with Gasteiger partial charge in [-0.1, -0.05) is 18.2 Å². The van der Waals surface area contributed by atoms with E-state index in [1.807, 2.05) is 0 Å². The summed E-state index contributed by atoms with van der Waals surface area (Å²) in [5, 5.41) is -0.938. The quantitative estimate of drug-likeness (QED) is 0.878. The van der Waals surface area contributed by atoms with Gasteiger partial charge < -0.3 is 5.73 Å². The summed E-state index contributed by atoms with van der Waals surface area (Å²) < 4.78 is 50.6. The topological polar surface area (TPSA) is 38.9 Å². The Morgan fingerprint density at radius 2 is 1.95 bits per heavy atom. The number of aromatic nitrogens is 1. The average molecular weight is 290 g/mol. The van der Waals surface area contributed by atoms with Crippen molar-refractivity contribution in [3.8, 4) is 0 Å². The molecule has 0 bridgehead atoms. The molecule has 2 aromatic rings. The molecular weight excluding hydrogens is 280 g/mol. The minimum absolute atomic E-state index is 0.131. The molecule has 0 saturated carbocycles. The van der Waals surface area contributed by atoms with Gasteiger partial charge in [0.2, 0.25) is 0 Å². The average Bonchev–Trinajstić information content (AvgIpc) is 2.81. The van der Waals surface area contributed by atoms with Crippen LogP contribution in [0.2, 0.25) is 0 Å². The molecule has 0 aliphatic carbocycles. The zero-order valence-corrected chi connectivity index (χ0v) is 10.4. The maximum atomic E-state index is 13.4. The summed E-state index contributed by atoms with van der Waals surface area (Å²) in [5.74, 6) is -0.418. The second-order valence-electron chi connectivity index (χ2n) is 3.97. The fraction of sp³-hybridized carbons (Fsp3) is 0.250. The van der Waals surface area contributed by atoms with E-state index in [1.165, 1.54) is 6.07 Å². The second-order valence-corrected chi connectivity index (χ2v) is 5.03. The van der Waals surface area contributed by atoms with Crippen molar-refractivity contribution < 1.29 is 17.6 Å². The van der Waals surface area contributed by atoms with Crippen molar-refractivity contribution in [2.45, 2.75) is 18.6 Å². The maximum Gasteiger partial charge on any atom is 0.443 e. The molecule has 1 aromatic heterocycles. The molecule has 0 saturated heterocycles. The summed E-state index contributed by atoms with van der Waals surface area (Å²) in [6.07, 6.45) is -3.24. The van der Waals surface area contributed by atoms with Crippen LogP contribution in [-0.2, 0) is 12.6 Å². The van der Waals surface area contributed by atoms with Gasteiger partial charge in [-0.15, -0.1) is 11.3 Å². The van der Waals surface area contributed by atoms with Crippen LogP contribution in [0, 0.1) is 5.82 Å². The van der Waals surface area contributed by atoms with E-state index in [1.54, 1.807) is 18.2 Å². The van der Waals surface area contributed by atoms with E-state index >= 15 is 0 Å². The Morgan fingerprint density at radius 3 is 2.53 bits per heavy atom. The predicted octanol–water partition coefficient (Wildman–Crippen LogP) is 3.54. The number of rotatable bonds is 3. The van der Waals surface area contributed by atoms with Gasteiger partial charge in [-0.25, -0.2) is 9.37 Å². The lowest BCUT2D eigenvalue weighted by atomic mass is 10.1. The lowest BCUT2D eigenvalue weighted by Crippen LogP contribution is -2.12. The molecule has 1 heterocycles. The molecule has 0 radical (unpaired) electrons. The Labute approximate surface area is 110 Å². The van der Waals surface area contributed by atoms with E-state index < -0.39 is 23.0 Å². The monoisotopic (exact) mass is 290 g/mol.